The molecule has 1 N–H and O–H groups in total. The van der Waals surface area contributed by atoms with E-state index in [9.17, 15) is 20.0 Å². The summed E-state index contributed by atoms with van der Waals surface area (Å²) in [6.07, 6.45) is 0.887. The molecule has 6 nitrogen and oxygen atoms in total. The maximum Gasteiger partial charge on any atom is 0.407 e. The lowest BCUT2D eigenvalue weighted by Gasteiger charge is -2.38. The van der Waals surface area contributed by atoms with Crippen molar-refractivity contribution in [2.45, 2.75) is 25.8 Å². The second-order valence-corrected chi connectivity index (χ2v) is 4.89. The third kappa shape index (κ3) is 2.67. The van der Waals surface area contributed by atoms with Crippen LogP contribution in [0.15, 0.2) is 24.3 Å². The van der Waals surface area contributed by atoms with E-state index < -0.39 is 11.0 Å². The molecule has 1 heterocycles. The first-order chi connectivity index (χ1) is 9.00. The first-order valence-corrected chi connectivity index (χ1v) is 6.24. The lowest BCUT2D eigenvalue weighted by molar-refractivity contribution is -0.384. The molecule has 1 aromatic rings. The molecule has 102 valence electrons. The van der Waals surface area contributed by atoms with E-state index >= 15 is 0 Å². The van der Waals surface area contributed by atoms with Gasteiger partial charge in [0.1, 0.15) is 0 Å². The van der Waals surface area contributed by atoms with Gasteiger partial charge in [0, 0.05) is 18.7 Å². The van der Waals surface area contributed by atoms with Crippen molar-refractivity contribution in [1.29, 1.82) is 0 Å². The second kappa shape index (κ2) is 5.26. The Labute approximate surface area is 110 Å². The molecule has 1 aliphatic rings. The maximum absolute atomic E-state index is 11.3. The molecule has 0 bridgehead atoms. The fourth-order valence-electron chi connectivity index (χ4n) is 2.70. The highest BCUT2D eigenvalue weighted by Crippen LogP contribution is 2.36. The van der Waals surface area contributed by atoms with E-state index in [2.05, 4.69) is 0 Å². The van der Waals surface area contributed by atoms with Crippen molar-refractivity contribution >= 4 is 11.8 Å². The third-order valence-corrected chi connectivity index (χ3v) is 3.62. The van der Waals surface area contributed by atoms with E-state index in [-0.39, 0.29) is 17.6 Å². The summed E-state index contributed by atoms with van der Waals surface area (Å²) in [5.41, 5.74) is 0.842. The normalized spacial score (nSPS) is 23.1. The quantitative estimate of drug-likeness (QED) is 0.657. The minimum atomic E-state index is -0.935. The highest BCUT2D eigenvalue weighted by Gasteiger charge is 2.33. The summed E-state index contributed by atoms with van der Waals surface area (Å²) in [5.74, 6) is 0.214. The fourth-order valence-corrected chi connectivity index (χ4v) is 2.70. The second-order valence-electron chi connectivity index (χ2n) is 4.89. The van der Waals surface area contributed by atoms with Gasteiger partial charge in [-0.05, 0) is 24.3 Å². The molecule has 1 fully saturated rings. The maximum atomic E-state index is 11.3. The summed E-state index contributed by atoms with van der Waals surface area (Å²) in [6.45, 7) is 2.53. The highest BCUT2D eigenvalue weighted by molar-refractivity contribution is 5.66. The first kappa shape index (κ1) is 13.3. The molecule has 1 saturated heterocycles. The molecular formula is C13H16N2O4. The van der Waals surface area contributed by atoms with Crippen molar-refractivity contribution in [3.63, 3.8) is 0 Å². The van der Waals surface area contributed by atoms with Gasteiger partial charge in [0.25, 0.3) is 5.69 Å². The van der Waals surface area contributed by atoms with E-state index in [1.807, 2.05) is 6.92 Å². The van der Waals surface area contributed by atoms with Crippen LogP contribution in [0.4, 0.5) is 10.5 Å². The van der Waals surface area contributed by atoms with Gasteiger partial charge < -0.3 is 10.0 Å². The zero-order valence-electron chi connectivity index (χ0n) is 10.7. The Balaban J connectivity index is 2.30. The number of carbonyl (C=O) groups is 1. The molecule has 1 aliphatic heterocycles. The number of piperidine rings is 1. The number of nitro benzene ring substituents is 1. The number of nitro groups is 1. The van der Waals surface area contributed by atoms with Gasteiger partial charge in [0.2, 0.25) is 0 Å². The van der Waals surface area contributed by atoms with Gasteiger partial charge in [0.15, 0.2) is 0 Å². The molecule has 6 heteroatoms. The van der Waals surface area contributed by atoms with Gasteiger partial charge >= 0.3 is 6.09 Å². The minimum Gasteiger partial charge on any atom is -0.465 e. The van der Waals surface area contributed by atoms with Crippen LogP contribution in [0, 0.1) is 16.0 Å². The molecule has 0 radical (unpaired) electrons. The van der Waals surface area contributed by atoms with E-state index in [1.165, 1.54) is 17.0 Å². The van der Waals surface area contributed by atoms with Gasteiger partial charge in [-0.2, -0.15) is 0 Å². The molecule has 0 aliphatic carbocycles. The van der Waals surface area contributed by atoms with Gasteiger partial charge in [0.05, 0.1) is 11.0 Å². The van der Waals surface area contributed by atoms with Gasteiger partial charge in [-0.3, -0.25) is 10.1 Å². The SMILES string of the molecule is CC1CCCN(C(=O)O)C1c1ccc([N+](=O)[O-])cc1. The van der Waals surface area contributed by atoms with Crippen LogP contribution in [0.2, 0.25) is 0 Å². The fraction of sp³-hybridized carbons (Fsp3) is 0.462. The molecule has 2 rings (SSSR count). The summed E-state index contributed by atoms with van der Waals surface area (Å²) in [5, 5.41) is 19.9. The Bertz CT molecular complexity index is 486. The predicted molar refractivity (Wildman–Crippen MR) is 69.0 cm³/mol. The largest absolute Gasteiger partial charge is 0.465 e. The van der Waals surface area contributed by atoms with E-state index in [0.717, 1.165) is 18.4 Å². The molecule has 1 aromatic carbocycles. The number of likely N-dealkylation sites (tertiary alicyclic amines) is 1. The summed E-state index contributed by atoms with van der Waals surface area (Å²) < 4.78 is 0. The number of amides is 1. The van der Waals surface area contributed by atoms with Crippen molar-refractivity contribution < 1.29 is 14.8 Å². The van der Waals surface area contributed by atoms with Crippen LogP contribution in [-0.2, 0) is 0 Å². The van der Waals surface area contributed by atoms with Crippen LogP contribution >= 0.6 is 0 Å². The van der Waals surface area contributed by atoms with E-state index in [1.54, 1.807) is 12.1 Å². The number of non-ortho nitro benzene ring substituents is 1. The molecule has 0 spiro atoms. The molecule has 1 amide bonds. The Morgan fingerprint density at radius 2 is 2.05 bits per heavy atom. The minimum absolute atomic E-state index is 0.0223. The number of hydrogen-bond donors (Lipinski definition) is 1. The van der Waals surface area contributed by atoms with Gasteiger partial charge in [-0.1, -0.05) is 19.1 Å². The van der Waals surface area contributed by atoms with Crippen molar-refractivity contribution in [3.05, 3.63) is 39.9 Å². The van der Waals surface area contributed by atoms with Crippen LogP contribution in [-0.4, -0.2) is 27.6 Å². The van der Waals surface area contributed by atoms with Crippen molar-refractivity contribution in [1.82, 2.24) is 4.90 Å². The number of rotatable bonds is 2. The number of carboxylic acid groups (broad SMARTS) is 1. The summed E-state index contributed by atoms with van der Waals surface area (Å²) in [6, 6.07) is 5.95. The van der Waals surface area contributed by atoms with E-state index in [4.69, 9.17) is 0 Å². The van der Waals surface area contributed by atoms with Crippen LogP contribution in [0.1, 0.15) is 31.4 Å². The molecular weight excluding hydrogens is 248 g/mol. The Morgan fingerprint density at radius 3 is 2.58 bits per heavy atom. The Hall–Kier alpha value is -2.11. The molecule has 0 saturated carbocycles. The number of benzene rings is 1. The average Bonchev–Trinajstić information content (AvgIpc) is 2.38. The summed E-state index contributed by atoms with van der Waals surface area (Å²) in [7, 11) is 0. The van der Waals surface area contributed by atoms with Crippen molar-refractivity contribution in [3.8, 4) is 0 Å². The highest BCUT2D eigenvalue weighted by atomic mass is 16.6. The molecule has 19 heavy (non-hydrogen) atoms. The zero-order valence-corrected chi connectivity index (χ0v) is 10.7. The Kier molecular flexibility index (Phi) is 3.69. The molecule has 2 unspecified atom stereocenters. The van der Waals surface area contributed by atoms with Gasteiger partial charge in [-0.25, -0.2) is 4.79 Å². The molecule has 2 atom stereocenters. The first-order valence-electron chi connectivity index (χ1n) is 6.24. The topological polar surface area (TPSA) is 83.7 Å². The molecule has 0 aromatic heterocycles. The van der Waals surface area contributed by atoms with Crippen molar-refractivity contribution in [2.24, 2.45) is 5.92 Å². The average molecular weight is 264 g/mol. The van der Waals surface area contributed by atoms with E-state index in [0.29, 0.717) is 6.54 Å². The Morgan fingerprint density at radius 1 is 1.42 bits per heavy atom. The van der Waals surface area contributed by atoms with Crippen molar-refractivity contribution in [2.75, 3.05) is 6.54 Å². The lowest BCUT2D eigenvalue weighted by Crippen LogP contribution is -2.41. The van der Waals surface area contributed by atoms with Crippen LogP contribution < -0.4 is 0 Å². The summed E-state index contributed by atoms with van der Waals surface area (Å²) >= 11 is 0. The van der Waals surface area contributed by atoms with Crippen LogP contribution in [0.3, 0.4) is 0 Å². The summed E-state index contributed by atoms with van der Waals surface area (Å²) in [4.78, 5) is 22.9. The number of nitrogens with zero attached hydrogens (tertiary/aromatic N) is 2. The van der Waals surface area contributed by atoms with Gasteiger partial charge in [-0.15, -0.1) is 0 Å². The number of hydrogen-bond acceptors (Lipinski definition) is 3. The lowest BCUT2D eigenvalue weighted by atomic mass is 9.86. The monoisotopic (exact) mass is 264 g/mol. The standard InChI is InChI=1S/C13H16N2O4/c1-9-3-2-8-14(13(16)17)12(9)10-4-6-11(7-5-10)15(18)19/h4-7,9,12H,2-3,8H2,1H3,(H,16,17). The predicted octanol–water partition coefficient (Wildman–Crippen LogP) is 3.05. The van der Waals surface area contributed by atoms with Crippen LogP contribution in [0.25, 0.3) is 0 Å². The zero-order chi connectivity index (χ0) is 14.0. The third-order valence-electron chi connectivity index (χ3n) is 3.62. The smallest absolute Gasteiger partial charge is 0.407 e. The van der Waals surface area contributed by atoms with Crippen LogP contribution in [0.5, 0.6) is 0 Å².